The van der Waals surface area contributed by atoms with Gasteiger partial charge < -0.3 is 11.1 Å². The van der Waals surface area contributed by atoms with Gasteiger partial charge in [-0.3, -0.25) is 4.79 Å². The van der Waals surface area contributed by atoms with Crippen molar-refractivity contribution in [3.05, 3.63) is 0 Å². The zero-order valence-electron chi connectivity index (χ0n) is 9.61. The zero-order chi connectivity index (χ0) is 12.2. The van der Waals surface area contributed by atoms with Crippen molar-refractivity contribution < 1.29 is 13.2 Å². The molecule has 1 rings (SSSR count). The van der Waals surface area contributed by atoms with Gasteiger partial charge in [-0.1, -0.05) is 6.42 Å². The molecule has 6 heteroatoms. The first-order chi connectivity index (χ1) is 7.41. The molecule has 0 spiro atoms. The third kappa shape index (κ3) is 4.09. The highest BCUT2D eigenvalue weighted by molar-refractivity contribution is 7.91. The average Bonchev–Trinajstić information content (AvgIpc) is 2.59. The summed E-state index contributed by atoms with van der Waals surface area (Å²) in [7, 11) is -2.96. The van der Waals surface area contributed by atoms with Crippen LogP contribution >= 0.6 is 0 Å². The monoisotopic (exact) mass is 248 g/mol. The molecule has 0 aromatic rings. The molecule has 1 amide bonds. The molecule has 0 heterocycles. The fraction of sp³-hybridized carbons (Fsp3) is 0.900. The van der Waals surface area contributed by atoms with Crippen molar-refractivity contribution in [1.29, 1.82) is 0 Å². The van der Waals surface area contributed by atoms with E-state index in [1.54, 1.807) is 0 Å². The molecule has 1 saturated carbocycles. The number of carbonyl (C=O) groups excluding carboxylic acids is 1. The summed E-state index contributed by atoms with van der Waals surface area (Å²) in [5.41, 5.74) is 5.02. The van der Waals surface area contributed by atoms with Gasteiger partial charge in [0.15, 0.2) is 9.84 Å². The first kappa shape index (κ1) is 13.4. The number of carbonyl (C=O) groups is 1. The van der Waals surface area contributed by atoms with Crippen molar-refractivity contribution in [3.8, 4) is 0 Å². The van der Waals surface area contributed by atoms with Gasteiger partial charge in [-0.05, 0) is 25.8 Å². The second-order valence-corrected chi connectivity index (χ2v) is 6.69. The summed E-state index contributed by atoms with van der Waals surface area (Å²) in [5, 5.41) is 2.94. The topological polar surface area (TPSA) is 89.3 Å². The van der Waals surface area contributed by atoms with Gasteiger partial charge >= 0.3 is 0 Å². The molecular formula is C10H20N2O3S. The standard InChI is InChI=1S/C10H20N2O3S/c1-16(14,15)9-5-2-4-8(9)12-7-3-6-10(11)13/h8-9,12H,2-7H2,1H3,(H2,11,13). The van der Waals surface area contributed by atoms with E-state index in [9.17, 15) is 13.2 Å². The Hall–Kier alpha value is -0.620. The molecule has 0 aliphatic heterocycles. The molecule has 1 fully saturated rings. The normalized spacial score (nSPS) is 25.8. The minimum atomic E-state index is -2.96. The van der Waals surface area contributed by atoms with Gasteiger partial charge in [0, 0.05) is 18.7 Å². The van der Waals surface area contributed by atoms with Crippen molar-refractivity contribution >= 4 is 15.7 Å². The number of hydrogen-bond acceptors (Lipinski definition) is 4. The third-order valence-electron chi connectivity index (χ3n) is 3.01. The molecule has 1 aliphatic rings. The van der Waals surface area contributed by atoms with E-state index in [0.29, 0.717) is 19.4 Å². The Kier molecular flexibility index (Phi) is 4.73. The molecule has 16 heavy (non-hydrogen) atoms. The molecule has 2 unspecified atom stereocenters. The zero-order valence-corrected chi connectivity index (χ0v) is 10.4. The van der Waals surface area contributed by atoms with E-state index >= 15 is 0 Å². The maximum atomic E-state index is 11.5. The van der Waals surface area contributed by atoms with E-state index in [1.807, 2.05) is 0 Å². The molecule has 0 bridgehead atoms. The van der Waals surface area contributed by atoms with Crippen LogP contribution < -0.4 is 11.1 Å². The molecule has 3 N–H and O–H groups in total. The van der Waals surface area contributed by atoms with E-state index in [2.05, 4.69) is 5.32 Å². The van der Waals surface area contributed by atoms with Crippen molar-refractivity contribution in [2.75, 3.05) is 12.8 Å². The van der Waals surface area contributed by atoms with Crippen LogP contribution in [-0.2, 0) is 14.6 Å². The molecule has 0 saturated heterocycles. The fourth-order valence-electron chi connectivity index (χ4n) is 2.22. The van der Waals surface area contributed by atoms with Gasteiger partial charge in [0.2, 0.25) is 5.91 Å². The average molecular weight is 248 g/mol. The van der Waals surface area contributed by atoms with Crippen LogP contribution in [0.2, 0.25) is 0 Å². The first-order valence-electron chi connectivity index (χ1n) is 5.62. The Morgan fingerprint density at radius 3 is 2.69 bits per heavy atom. The Labute approximate surface area is 96.7 Å². The Morgan fingerprint density at radius 2 is 2.12 bits per heavy atom. The van der Waals surface area contributed by atoms with Gasteiger partial charge in [0.1, 0.15) is 0 Å². The number of sulfone groups is 1. The van der Waals surface area contributed by atoms with Crippen LogP contribution in [0.15, 0.2) is 0 Å². The van der Waals surface area contributed by atoms with Gasteiger partial charge in [-0.25, -0.2) is 8.42 Å². The van der Waals surface area contributed by atoms with Crippen LogP contribution in [0.1, 0.15) is 32.1 Å². The van der Waals surface area contributed by atoms with Crippen LogP contribution in [0.5, 0.6) is 0 Å². The van der Waals surface area contributed by atoms with E-state index < -0.39 is 9.84 Å². The maximum absolute atomic E-state index is 11.5. The second kappa shape index (κ2) is 5.63. The molecule has 0 radical (unpaired) electrons. The molecule has 5 nitrogen and oxygen atoms in total. The van der Waals surface area contributed by atoms with Crippen LogP contribution in [0.3, 0.4) is 0 Å². The number of primary amides is 1. The largest absolute Gasteiger partial charge is 0.370 e. The lowest BCUT2D eigenvalue weighted by atomic mass is 10.2. The number of nitrogens with two attached hydrogens (primary N) is 1. The number of nitrogens with one attached hydrogen (secondary N) is 1. The van der Waals surface area contributed by atoms with E-state index in [1.165, 1.54) is 6.26 Å². The smallest absolute Gasteiger partial charge is 0.217 e. The summed E-state index contributed by atoms with van der Waals surface area (Å²) in [6, 6.07) is 0.0443. The second-order valence-electron chi connectivity index (χ2n) is 4.43. The predicted octanol–water partition coefficient (Wildman–Crippen LogP) is -0.193. The van der Waals surface area contributed by atoms with Gasteiger partial charge in [0.05, 0.1) is 5.25 Å². The minimum absolute atomic E-state index is 0.0443. The van der Waals surface area contributed by atoms with Crippen molar-refractivity contribution in [1.82, 2.24) is 5.32 Å². The summed E-state index contributed by atoms with van der Waals surface area (Å²) < 4.78 is 22.9. The Balaban J connectivity index is 2.34. The summed E-state index contributed by atoms with van der Waals surface area (Å²) in [6.07, 6.45) is 4.90. The van der Waals surface area contributed by atoms with Crippen molar-refractivity contribution in [3.63, 3.8) is 0 Å². The molecule has 94 valence electrons. The molecule has 2 atom stereocenters. The summed E-state index contributed by atoms with van der Waals surface area (Å²) in [5.74, 6) is -0.312. The lowest BCUT2D eigenvalue weighted by Crippen LogP contribution is -2.40. The first-order valence-corrected chi connectivity index (χ1v) is 7.57. The Morgan fingerprint density at radius 1 is 1.44 bits per heavy atom. The molecule has 0 aromatic heterocycles. The lowest BCUT2D eigenvalue weighted by Gasteiger charge is -2.19. The number of rotatable bonds is 6. The van der Waals surface area contributed by atoms with Crippen molar-refractivity contribution in [2.45, 2.75) is 43.4 Å². The van der Waals surface area contributed by atoms with E-state index in [-0.39, 0.29) is 17.2 Å². The van der Waals surface area contributed by atoms with Crippen LogP contribution in [0.25, 0.3) is 0 Å². The summed E-state index contributed by atoms with van der Waals surface area (Å²) >= 11 is 0. The van der Waals surface area contributed by atoms with Crippen LogP contribution in [-0.4, -0.2) is 38.4 Å². The fourth-order valence-corrected chi connectivity index (χ4v) is 3.65. The summed E-state index contributed by atoms with van der Waals surface area (Å²) in [6.45, 7) is 0.652. The van der Waals surface area contributed by atoms with E-state index in [0.717, 1.165) is 19.3 Å². The molecule has 1 aliphatic carbocycles. The molecule has 0 aromatic carbocycles. The highest BCUT2D eigenvalue weighted by Gasteiger charge is 2.34. The lowest BCUT2D eigenvalue weighted by molar-refractivity contribution is -0.118. The van der Waals surface area contributed by atoms with Crippen LogP contribution in [0, 0.1) is 0 Å². The highest BCUT2D eigenvalue weighted by atomic mass is 32.2. The predicted molar refractivity (Wildman–Crippen MR) is 62.7 cm³/mol. The minimum Gasteiger partial charge on any atom is -0.370 e. The summed E-state index contributed by atoms with van der Waals surface area (Å²) in [4.78, 5) is 10.5. The van der Waals surface area contributed by atoms with Gasteiger partial charge in [-0.2, -0.15) is 0 Å². The Bertz CT molecular complexity index is 340. The quantitative estimate of drug-likeness (QED) is 0.637. The van der Waals surface area contributed by atoms with Gasteiger partial charge in [0.25, 0.3) is 0 Å². The van der Waals surface area contributed by atoms with Gasteiger partial charge in [-0.15, -0.1) is 0 Å². The maximum Gasteiger partial charge on any atom is 0.217 e. The SMILES string of the molecule is CS(=O)(=O)C1CCCC1NCCCC(N)=O. The number of amides is 1. The molecular weight excluding hydrogens is 228 g/mol. The van der Waals surface area contributed by atoms with Crippen LogP contribution in [0.4, 0.5) is 0 Å². The third-order valence-corrected chi connectivity index (χ3v) is 4.67. The highest BCUT2D eigenvalue weighted by Crippen LogP contribution is 2.24. The van der Waals surface area contributed by atoms with Crippen molar-refractivity contribution in [2.24, 2.45) is 5.73 Å². The van der Waals surface area contributed by atoms with E-state index in [4.69, 9.17) is 5.73 Å². The number of hydrogen-bond donors (Lipinski definition) is 2.